The number of fused-ring (bicyclic) bond motifs is 1. The van der Waals surface area contributed by atoms with Gasteiger partial charge in [-0.3, -0.25) is 0 Å². The summed E-state index contributed by atoms with van der Waals surface area (Å²) in [6.07, 6.45) is 1.39. The lowest BCUT2D eigenvalue weighted by molar-refractivity contribution is -0.00370. The number of hydrogen-bond donors (Lipinski definition) is 4. The Labute approximate surface area is 108 Å². The summed E-state index contributed by atoms with van der Waals surface area (Å²) < 4.78 is 1.68. The summed E-state index contributed by atoms with van der Waals surface area (Å²) in [7, 11) is 0. The average molecular weight is 265 g/mol. The molecule has 2 aromatic rings. The van der Waals surface area contributed by atoms with Gasteiger partial charge in [-0.15, -0.1) is 0 Å². The normalized spacial score (nSPS) is 31.1. The summed E-state index contributed by atoms with van der Waals surface area (Å²) in [5, 5.41) is 29.1. The highest BCUT2D eigenvalue weighted by Crippen LogP contribution is 2.36. The predicted octanol–water partition coefficient (Wildman–Crippen LogP) is -1.32. The summed E-state index contributed by atoms with van der Waals surface area (Å²) in [4.78, 5) is 12.1. The topological polar surface area (TPSA) is 130 Å². The van der Waals surface area contributed by atoms with Gasteiger partial charge in [0.05, 0.1) is 18.5 Å². The van der Waals surface area contributed by atoms with E-state index >= 15 is 0 Å². The number of aliphatic hydroxyl groups is 3. The number of nitrogens with two attached hydrogens (primary N) is 1. The van der Waals surface area contributed by atoms with Crippen LogP contribution in [0.1, 0.15) is 12.5 Å². The van der Waals surface area contributed by atoms with Crippen LogP contribution >= 0.6 is 0 Å². The number of imidazole rings is 1. The minimum Gasteiger partial charge on any atom is -0.396 e. The van der Waals surface area contributed by atoms with E-state index in [-0.39, 0.29) is 24.4 Å². The number of aliphatic hydroxyl groups excluding tert-OH is 3. The third kappa shape index (κ3) is 1.76. The van der Waals surface area contributed by atoms with Crippen molar-refractivity contribution < 1.29 is 15.3 Å². The van der Waals surface area contributed by atoms with Crippen molar-refractivity contribution >= 4 is 17.0 Å². The third-order valence-electron chi connectivity index (χ3n) is 3.75. The molecule has 0 unspecified atom stereocenters. The zero-order valence-corrected chi connectivity index (χ0v) is 10.1. The Hall–Kier alpha value is -1.77. The Morgan fingerprint density at radius 3 is 2.74 bits per heavy atom. The maximum Gasteiger partial charge on any atom is 0.165 e. The first-order valence-electron chi connectivity index (χ1n) is 6.03. The van der Waals surface area contributed by atoms with Crippen LogP contribution in [0, 0.1) is 5.92 Å². The molecule has 19 heavy (non-hydrogen) atoms. The summed E-state index contributed by atoms with van der Waals surface area (Å²) in [5.74, 6) is -0.0767. The fraction of sp³-hybridized carbons (Fsp3) is 0.545. The second-order valence-corrected chi connectivity index (χ2v) is 4.81. The van der Waals surface area contributed by atoms with Gasteiger partial charge in [-0.1, -0.05) is 0 Å². The Balaban J connectivity index is 2.04. The molecule has 8 nitrogen and oxygen atoms in total. The zero-order valence-electron chi connectivity index (χ0n) is 10.1. The van der Waals surface area contributed by atoms with Gasteiger partial charge in [-0.05, 0) is 6.42 Å². The van der Waals surface area contributed by atoms with Crippen LogP contribution in [0.3, 0.4) is 0 Å². The molecule has 0 aromatic carbocycles. The molecule has 2 heterocycles. The summed E-state index contributed by atoms with van der Waals surface area (Å²) in [5.41, 5.74) is 6.69. The molecule has 2 aromatic heterocycles. The second-order valence-electron chi connectivity index (χ2n) is 4.81. The quantitative estimate of drug-likeness (QED) is 0.530. The van der Waals surface area contributed by atoms with Crippen molar-refractivity contribution in [3.63, 3.8) is 0 Å². The van der Waals surface area contributed by atoms with Crippen molar-refractivity contribution in [1.29, 1.82) is 0 Å². The van der Waals surface area contributed by atoms with Crippen LogP contribution in [0.25, 0.3) is 11.2 Å². The molecular weight excluding hydrogens is 250 g/mol. The molecule has 0 bridgehead atoms. The number of anilines is 1. The van der Waals surface area contributed by atoms with Crippen LogP contribution in [-0.4, -0.2) is 53.7 Å². The van der Waals surface area contributed by atoms with Gasteiger partial charge in [0.2, 0.25) is 0 Å². The maximum absolute atomic E-state index is 10.1. The highest BCUT2D eigenvalue weighted by Gasteiger charge is 2.42. The number of nitrogen functional groups attached to an aromatic ring is 1. The zero-order chi connectivity index (χ0) is 13.6. The summed E-state index contributed by atoms with van der Waals surface area (Å²) >= 11 is 0. The van der Waals surface area contributed by atoms with Crippen molar-refractivity contribution in [3.05, 3.63) is 12.7 Å². The first kappa shape index (κ1) is 12.3. The average Bonchev–Trinajstić information content (AvgIpc) is 2.94. The molecule has 0 amide bonds. The van der Waals surface area contributed by atoms with E-state index < -0.39 is 12.2 Å². The molecule has 3 rings (SSSR count). The first-order valence-corrected chi connectivity index (χ1v) is 6.03. The van der Waals surface area contributed by atoms with Gasteiger partial charge in [0.1, 0.15) is 17.9 Å². The molecule has 0 radical (unpaired) electrons. The van der Waals surface area contributed by atoms with Crippen molar-refractivity contribution in [3.8, 4) is 0 Å². The number of hydrogen-bond acceptors (Lipinski definition) is 7. The van der Waals surface area contributed by atoms with Crippen molar-refractivity contribution in [2.75, 3.05) is 12.3 Å². The lowest BCUT2D eigenvalue weighted by Crippen LogP contribution is -2.30. The first-order chi connectivity index (χ1) is 9.13. The Kier molecular flexibility index (Phi) is 2.85. The van der Waals surface area contributed by atoms with E-state index in [9.17, 15) is 15.3 Å². The highest BCUT2D eigenvalue weighted by molar-refractivity contribution is 5.81. The van der Waals surface area contributed by atoms with Gasteiger partial charge >= 0.3 is 0 Å². The monoisotopic (exact) mass is 265 g/mol. The van der Waals surface area contributed by atoms with E-state index in [0.717, 1.165) is 0 Å². The lowest BCUT2D eigenvalue weighted by atomic mass is 10.1. The molecule has 0 spiro atoms. The Bertz CT molecular complexity index is 601. The number of rotatable bonds is 2. The minimum absolute atomic E-state index is 0.168. The predicted molar refractivity (Wildman–Crippen MR) is 66.0 cm³/mol. The standard InChI is InChI=1S/C11H15N5O3/c12-10-7-11(14-3-13-10)16(4-15-7)6-1-5(2-17)8(18)9(6)19/h3-6,8-9,17-19H,1-2H2,(H2,12,13,14)/t5-,6-,8-,9+/m0/s1. The fourth-order valence-corrected chi connectivity index (χ4v) is 2.67. The van der Waals surface area contributed by atoms with Crippen LogP contribution in [0.4, 0.5) is 5.82 Å². The fourth-order valence-electron chi connectivity index (χ4n) is 2.67. The van der Waals surface area contributed by atoms with Gasteiger partial charge in [0.25, 0.3) is 0 Å². The van der Waals surface area contributed by atoms with Crippen LogP contribution < -0.4 is 5.73 Å². The van der Waals surface area contributed by atoms with Crippen molar-refractivity contribution in [1.82, 2.24) is 19.5 Å². The summed E-state index contributed by atoms with van der Waals surface area (Å²) in [6, 6.07) is -0.383. The van der Waals surface area contributed by atoms with Crippen LogP contribution in [0.15, 0.2) is 12.7 Å². The van der Waals surface area contributed by atoms with Crippen molar-refractivity contribution in [2.24, 2.45) is 5.92 Å². The van der Waals surface area contributed by atoms with Crippen LogP contribution in [0.5, 0.6) is 0 Å². The maximum atomic E-state index is 10.1. The van der Waals surface area contributed by atoms with Gasteiger partial charge in [-0.25, -0.2) is 15.0 Å². The third-order valence-corrected chi connectivity index (χ3v) is 3.75. The van der Waals surface area contributed by atoms with Gasteiger partial charge < -0.3 is 25.6 Å². The second kappa shape index (κ2) is 4.41. The Morgan fingerprint density at radius 2 is 2.05 bits per heavy atom. The molecule has 0 saturated heterocycles. The van der Waals surface area contributed by atoms with Crippen molar-refractivity contribution in [2.45, 2.75) is 24.7 Å². The van der Waals surface area contributed by atoms with Gasteiger partial charge in [0, 0.05) is 12.5 Å². The van der Waals surface area contributed by atoms with E-state index in [2.05, 4.69) is 15.0 Å². The largest absolute Gasteiger partial charge is 0.396 e. The van der Waals surface area contributed by atoms with Crippen LogP contribution in [-0.2, 0) is 0 Å². The van der Waals surface area contributed by atoms with E-state index in [1.807, 2.05) is 0 Å². The smallest absolute Gasteiger partial charge is 0.165 e. The van der Waals surface area contributed by atoms with E-state index in [0.29, 0.717) is 17.6 Å². The minimum atomic E-state index is -0.967. The van der Waals surface area contributed by atoms with Gasteiger partial charge in [-0.2, -0.15) is 0 Å². The molecule has 1 aliphatic rings. The molecule has 102 valence electrons. The SMILES string of the molecule is Nc1ncnc2c1ncn2[C@H]1C[C@@H](CO)[C@H](O)[C@@H]1O. The number of nitrogens with zero attached hydrogens (tertiary/aromatic N) is 4. The van der Waals surface area contributed by atoms with E-state index in [1.165, 1.54) is 12.7 Å². The Morgan fingerprint density at radius 1 is 1.26 bits per heavy atom. The van der Waals surface area contributed by atoms with Crippen LogP contribution in [0.2, 0.25) is 0 Å². The molecule has 4 atom stereocenters. The summed E-state index contributed by atoms with van der Waals surface area (Å²) in [6.45, 7) is -0.168. The van der Waals surface area contributed by atoms with E-state index in [1.54, 1.807) is 4.57 Å². The number of aromatic nitrogens is 4. The molecule has 0 aliphatic heterocycles. The van der Waals surface area contributed by atoms with E-state index in [4.69, 9.17) is 5.73 Å². The molecule has 1 aliphatic carbocycles. The molecule has 1 saturated carbocycles. The highest BCUT2D eigenvalue weighted by atomic mass is 16.3. The molecule has 5 N–H and O–H groups in total. The van der Waals surface area contributed by atoms with Gasteiger partial charge in [0.15, 0.2) is 11.5 Å². The molecule has 1 fully saturated rings. The lowest BCUT2D eigenvalue weighted by Gasteiger charge is -2.18. The molecular formula is C11H15N5O3. The molecule has 8 heteroatoms.